The summed E-state index contributed by atoms with van der Waals surface area (Å²) >= 11 is 0. The van der Waals surface area contributed by atoms with E-state index in [1.807, 2.05) is 0 Å². The Balaban J connectivity index is 0.000000690. The van der Waals surface area contributed by atoms with Crippen LogP contribution in [0.2, 0.25) is 0 Å². The molecule has 1 aromatic carbocycles. The molecule has 0 aliphatic rings. The lowest BCUT2D eigenvalue weighted by Crippen LogP contribution is -2.02. The predicted octanol–water partition coefficient (Wildman–Crippen LogP) is 4.33. The summed E-state index contributed by atoms with van der Waals surface area (Å²) in [6.07, 6.45) is 2.26. The number of nitrogens with zero attached hydrogens (tertiary/aromatic N) is 3. The van der Waals surface area contributed by atoms with Crippen molar-refractivity contribution in [1.29, 1.82) is 5.39 Å². The lowest BCUT2D eigenvalue weighted by atomic mass is 10.2. The third-order valence-electron chi connectivity index (χ3n) is 1.84. The Morgan fingerprint density at radius 3 is 2.43 bits per heavy atom. The SMILES string of the molecule is C=CCCOc1cc([N+](=O)[O-])ccc1[N+]#N.F[B-](F)(F)F. The minimum atomic E-state index is -6.00. The van der Waals surface area contributed by atoms with Crippen molar-refractivity contribution in [1.82, 2.24) is 0 Å². The molecular formula is C10H10BF4N3O3. The summed E-state index contributed by atoms with van der Waals surface area (Å²) in [4.78, 5) is 13.0. The monoisotopic (exact) mass is 307 g/mol. The average Bonchev–Trinajstić information content (AvgIpc) is 2.37. The molecule has 0 heterocycles. The van der Waals surface area contributed by atoms with Crippen molar-refractivity contribution >= 4 is 18.6 Å². The number of nitro benzene ring substituents is 1. The van der Waals surface area contributed by atoms with E-state index in [1.54, 1.807) is 6.08 Å². The zero-order valence-electron chi connectivity index (χ0n) is 10.6. The summed E-state index contributed by atoms with van der Waals surface area (Å²) in [5.74, 6) is 0.179. The van der Waals surface area contributed by atoms with Crippen molar-refractivity contribution in [2.75, 3.05) is 6.61 Å². The van der Waals surface area contributed by atoms with E-state index in [2.05, 4.69) is 11.6 Å². The maximum atomic E-state index is 10.5. The van der Waals surface area contributed by atoms with Gasteiger partial charge in [-0.1, -0.05) is 6.08 Å². The topological polar surface area (TPSA) is 80.5 Å². The summed E-state index contributed by atoms with van der Waals surface area (Å²) in [6, 6.07) is 3.79. The van der Waals surface area contributed by atoms with Gasteiger partial charge >= 0.3 is 12.9 Å². The van der Waals surface area contributed by atoms with Gasteiger partial charge in [-0.3, -0.25) is 10.1 Å². The second kappa shape index (κ2) is 8.52. The smallest absolute Gasteiger partial charge is 0.485 e. The lowest BCUT2D eigenvalue weighted by Gasteiger charge is -2.01. The van der Waals surface area contributed by atoms with Crippen LogP contribution in [-0.2, 0) is 0 Å². The summed E-state index contributed by atoms with van der Waals surface area (Å²) < 4.78 is 44.2. The molecular weight excluding hydrogens is 297 g/mol. The molecule has 21 heavy (non-hydrogen) atoms. The van der Waals surface area contributed by atoms with Crippen LogP contribution >= 0.6 is 0 Å². The van der Waals surface area contributed by atoms with Gasteiger partial charge in [0.1, 0.15) is 0 Å². The zero-order valence-corrected chi connectivity index (χ0v) is 10.6. The fourth-order valence-corrected chi connectivity index (χ4v) is 1.07. The molecule has 0 atom stereocenters. The Kier molecular flexibility index (Phi) is 7.45. The summed E-state index contributed by atoms with van der Waals surface area (Å²) in [5.41, 5.74) is 0.0515. The van der Waals surface area contributed by atoms with Gasteiger partial charge in [-0.2, -0.15) is 0 Å². The normalized spacial score (nSPS) is 9.86. The van der Waals surface area contributed by atoms with Crippen LogP contribution in [0, 0.1) is 15.5 Å². The van der Waals surface area contributed by atoms with Crippen LogP contribution in [-0.4, -0.2) is 18.8 Å². The number of hydrogen-bond acceptors (Lipinski definition) is 4. The molecule has 1 rings (SSSR count). The van der Waals surface area contributed by atoms with Crippen LogP contribution in [0.25, 0.3) is 4.98 Å². The van der Waals surface area contributed by atoms with Crippen molar-refractivity contribution in [2.24, 2.45) is 0 Å². The number of non-ortho nitro benzene ring substituents is 1. The van der Waals surface area contributed by atoms with E-state index in [1.165, 1.54) is 18.2 Å². The van der Waals surface area contributed by atoms with Gasteiger partial charge in [-0.25, -0.2) is 0 Å². The third-order valence-corrected chi connectivity index (χ3v) is 1.84. The molecule has 6 nitrogen and oxygen atoms in total. The highest BCUT2D eigenvalue weighted by Crippen LogP contribution is 2.31. The number of halogens is 4. The highest BCUT2D eigenvalue weighted by Gasteiger charge is 2.21. The number of nitro groups is 1. The van der Waals surface area contributed by atoms with Crippen molar-refractivity contribution in [2.45, 2.75) is 6.42 Å². The van der Waals surface area contributed by atoms with E-state index < -0.39 is 12.2 Å². The molecule has 0 saturated heterocycles. The van der Waals surface area contributed by atoms with Gasteiger partial charge in [-0.15, -0.1) is 6.58 Å². The lowest BCUT2D eigenvalue weighted by molar-refractivity contribution is -0.384. The fourth-order valence-electron chi connectivity index (χ4n) is 1.07. The zero-order chi connectivity index (χ0) is 16.5. The van der Waals surface area contributed by atoms with Crippen LogP contribution in [0.3, 0.4) is 0 Å². The number of hydrogen-bond donors (Lipinski definition) is 0. The maximum Gasteiger partial charge on any atom is 0.673 e. The molecule has 0 unspecified atom stereocenters. The number of ether oxygens (including phenoxy) is 1. The average molecular weight is 307 g/mol. The molecule has 0 aliphatic carbocycles. The maximum absolute atomic E-state index is 10.5. The molecule has 0 bridgehead atoms. The Hall–Kier alpha value is -2.64. The second-order valence-electron chi connectivity index (χ2n) is 3.43. The Morgan fingerprint density at radius 2 is 2.00 bits per heavy atom. The molecule has 0 saturated carbocycles. The Labute approximate surface area is 116 Å². The number of rotatable bonds is 5. The Morgan fingerprint density at radius 1 is 1.43 bits per heavy atom. The van der Waals surface area contributed by atoms with Gasteiger partial charge in [0.05, 0.1) is 17.6 Å². The molecule has 0 amide bonds. The van der Waals surface area contributed by atoms with Crippen LogP contribution in [0.4, 0.5) is 28.6 Å². The molecule has 0 N–H and O–H groups in total. The summed E-state index contributed by atoms with van der Waals surface area (Å²) in [5, 5.41) is 19.2. The van der Waals surface area contributed by atoms with Crippen LogP contribution in [0.1, 0.15) is 6.42 Å². The third kappa shape index (κ3) is 8.98. The second-order valence-corrected chi connectivity index (χ2v) is 3.43. The largest absolute Gasteiger partial charge is 0.673 e. The molecule has 0 aromatic heterocycles. The molecule has 0 fully saturated rings. The van der Waals surface area contributed by atoms with E-state index in [-0.39, 0.29) is 17.1 Å². The van der Waals surface area contributed by atoms with Gasteiger partial charge in [0.25, 0.3) is 5.69 Å². The first-order valence-corrected chi connectivity index (χ1v) is 5.43. The van der Waals surface area contributed by atoms with Gasteiger partial charge < -0.3 is 22.0 Å². The first-order valence-electron chi connectivity index (χ1n) is 5.43. The van der Waals surface area contributed by atoms with E-state index in [0.717, 1.165) is 0 Å². The first kappa shape index (κ1) is 18.4. The Bertz CT molecular complexity index is 539. The summed E-state index contributed by atoms with van der Waals surface area (Å²) in [6.45, 7) is 3.85. The van der Waals surface area contributed by atoms with E-state index in [9.17, 15) is 27.4 Å². The number of diazo groups is 1. The van der Waals surface area contributed by atoms with Crippen LogP contribution in [0.15, 0.2) is 30.9 Å². The van der Waals surface area contributed by atoms with E-state index in [4.69, 9.17) is 10.1 Å². The highest BCUT2D eigenvalue weighted by molar-refractivity contribution is 6.50. The number of benzene rings is 1. The quantitative estimate of drug-likeness (QED) is 0.154. The van der Waals surface area contributed by atoms with Crippen molar-refractivity contribution < 1.29 is 26.9 Å². The van der Waals surface area contributed by atoms with Crippen molar-refractivity contribution in [3.05, 3.63) is 45.9 Å². The van der Waals surface area contributed by atoms with Crippen molar-refractivity contribution in [3.63, 3.8) is 0 Å². The van der Waals surface area contributed by atoms with Crippen LogP contribution < -0.4 is 4.74 Å². The van der Waals surface area contributed by atoms with Gasteiger partial charge in [0.2, 0.25) is 11.1 Å². The predicted molar refractivity (Wildman–Crippen MR) is 68.3 cm³/mol. The van der Waals surface area contributed by atoms with Crippen LogP contribution in [0.5, 0.6) is 5.75 Å². The minimum absolute atomic E-state index is 0.110. The first-order chi connectivity index (χ1) is 9.69. The molecule has 1 aromatic rings. The molecule has 0 aliphatic heterocycles. The molecule has 11 heteroatoms. The highest BCUT2D eigenvalue weighted by atomic mass is 19.5. The summed E-state index contributed by atoms with van der Waals surface area (Å²) in [7, 11) is -6.00. The van der Waals surface area contributed by atoms with Gasteiger partial charge in [0.15, 0.2) is 4.98 Å². The van der Waals surface area contributed by atoms with E-state index in [0.29, 0.717) is 13.0 Å². The van der Waals surface area contributed by atoms with Gasteiger partial charge in [0, 0.05) is 12.1 Å². The molecule has 114 valence electrons. The minimum Gasteiger partial charge on any atom is -0.485 e. The molecule has 0 spiro atoms. The molecule has 0 radical (unpaired) electrons. The van der Waals surface area contributed by atoms with E-state index >= 15 is 0 Å². The van der Waals surface area contributed by atoms with Gasteiger partial charge in [-0.05, 0) is 6.42 Å². The van der Waals surface area contributed by atoms with Crippen molar-refractivity contribution in [3.8, 4) is 5.75 Å². The standard InChI is InChI=1S/C10H10N3O3.BF4/c1-2-3-6-16-10-7-8(13(14)15)4-5-9(10)12-11;2-1(3,4)5/h2,4-5,7H,1,3,6H2;/q+1;-1. The fraction of sp³-hybridized carbons (Fsp3) is 0.200.